The molecular weight excluding hydrogens is 230 g/mol. The lowest BCUT2D eigenvalue weighted by Gasteiger charge is -1.93. The number of hydrogen-bond donors (Lipinski definition) is 0. The number of carbonyl (C=O) groups excluding carboxylic acids is 1. The monoisotopic (exact) mass is 247 g/mol. The summed E-state index contributed by atoms with van der Waals surface area (Å²) in [6, 6.07) is 1.89. The summed E-state index contributed by atoms with van der Waals surface area (Å²) in [5.41, 5.74) is 0.735. The maximum atomic E-state index is 11.4. The number of carbonyl (C=O) groups is 1. The minimum absolute atomic E-state index is 0.0483. The van der Waals surface area contributed by atoms with Crippen LogP contribution in [-0.2, 0) is 0 Å². The molecule has 0 aliphatic rings. The number of nitrogens with zero attached hydrogens (tertiary/aromatic N) is 1. The molecule has 0 N–H and O–H groups in total. The first-order valence-electron chi connectivity index (χ1n) is 5.73. The standard InChI is InChI=1S/C14H17NOS/c1-5-10(3)7-8-12-9-13(15-6-2)14(17-12)11(4)16/h6,9-10H,5H2,1-4H3/b15-6-. The van der Waals surface area contributed by atoms with E-state index >= 15 is 0 Å². The third-order valence-corrected chi connectivity index (χ3v) is 3.50. The van der Waals surface area contributed by atoms with E-state index in [-0.39, 0.29) is 5.78 Å². The molecule has 1 unspecified atom stereocenters. The average molecular weight is 247 g/mol. The van der Waals surface area contributed by atoms with Crippen molar-refractivity contribution < 1.29 is 4.79 Å². The third-order valence-electron chi connectivity index (χ3n) is 2.35. The van der Waals surface area contributed by atoms with Gasteiger partial charge in [-0.05, 0) is 19.4 Å². The minimum Gasteiger partial charge on any atom is -0.294 e. The van der Waals surface area contributed by atoms with Gasteiger partial charge in [-0.2, -0.15) is 0 Å². The highest BCUT2D eigenvalue weighted by atomic mass is 32.1. The fourth-order valence-electron chi connectivity index (χ4n) is 1.23. The van der Waals surface area contributed by atoms with Gasteiger partial charge in [-0.25, -0.2) is 0 Å². The summed E-state index contributed by atoms with van der Waals surface area (Å²) in [7, 11) is 0. The van der Waals surface area contributed by atoms with Gasteiger partial charge in [0.15, 0.2) is 5.78 Å². The van der Waals surface area contributed by atoms with Crippen LogP contribution >= 0.6 is 11.3 Å². The molecule has 0 bridgehead atoms. The molecule has 3 heteroatoms. The Morgan fingerprint density at radius 2 is 2.35 bits per heavy atom. The zero-order valence-corrected chi connectivity index (χ0v) is 11.5. The van der Waals surface area contributed by atoms with Crippen LogP contribution in [0.5, 0.6) is 0 Å². The Balaban J connectivity index is 3.06. The minimum atomic E-state index is 0.0483. The molecule has 2 nitrogen and oxygen atoms in total. The van der Waals surface area contributed by atoms with Crippen molar-refractivity contribution in [3.05, 3.63) is 15.8 Å². The van der Waals surface area contributed by atoms with E-state index < -0.39 is 0 Å². The third kappa shape index (κ3) is 3.83. The Bertz CT molecular complexity index is 488. The van der Waals surface area contributed by atoms with Crippen molar-refractivity contribution in [2.24, 2.45) is 10.9 Å². The SMILES string of the molecule is C/C=N\c1cc(C#CC(C)CC)sc1C(C)=O. The van der Waals surface area contributed by atoms with Crippen LogP contribution in [0, 0.1) is 17.8 Å². The summed E-state index contributed by atoms with van der Waals surface area (Å²) in [6.07, 6.45) is 2.73. The van der Waals surface area contributed by atoms with Gasteiger partial charge in [0.1, 0.15) is 0 Å². The normalized spacial score (nSPS) is 12.2. The van der Waals surface area contributed by atoms with Crippen molar-refractivity contribution in [2.75, 3.05) is 0 Å². The van der Waals surface area contributed by atoms with Crippen molar-refractivity contribution >= 4 is 29.0 Å². The highest BCUT2D eigenvalue weighted by molar-refractivity contribution is 7.15. The van der Waals surface area contributed by atoms with Crippen molar-refractivity contribution in [3.8, 4) is 11.8 Å². The van der Waals surface area contributed by atoms with Gasteiger partial charge in [-0.15, -0.1) is 11.3 Å². The fourth-order valence-corrected chi connectivity index (χ4v) is 2.09. The highest BCUT2D eigenvalue weighted by Gasteiger charge is 2.10. The first kappa shape index (κ1) is 13.7. The molecule has 1 atom stereocenters. The van der Waals surface area contributed by atoms with Crippen molar-refractivity contribution in [1.29, 1.82) is 0 Å². The van der Waals surface area contributed by atoms with E-state index in [0.29, 0.717) is 10.8 Å². The number of Topliss-reactive ketones (excluding diaryl/α,β-unsaturated/α-hetero) is 1. The van der Waals surface area contributed by atoms with Crippen LogP contribution in [0.2, 0.25) is 0 Å². The molecule has 0 amide bonds. The second kappa shape index (κ2) is 6.36. The summed E-state index contributed by atoms with van der Waals surface area (Å²) in [6.45, 7) is 7.61. The van der Waals surface area contributed by atoms with Crippen molar-refractivity contribution in [1.82, 2.24) is 0 Å². The smallest absolute Gasteiger partial charge is 0.171 e. The summed E-state index contributed by atoms with van der Waals surface area (Å²) < 4.78 is 0. The Morgan fingerprint density at radius 1 is 1.65 bits per heavy atom. The van der Waals surface area contributed by atoms with E-state index in [9.17, 15) is 4.79 Å². The maximum Gasteiger partial charge on any atom is 0.171 e. The van der Waals surface area contributed by atoms with Gasteiger partial charge in [0, 0.05) is 19.1 Å². The van der Waals surface area contributed by atoms with Crippen LogP contribution in [0.3, 0.4) is 0 Å². The van der Waals surface area contributed by atoms with Gasteiger partial charge in [-0.3, -0.25) is 9.79 Å². The molecule has 90 valence electrons. The first-order valence-corrected chi connectivity index (χ1v) is 6.55. The van der Waals surface area contributed by atoms with Crippen molar-refractivity contribution in [3.63, 3.8) is 0 Å². The average Bonchev–Trinajstić information content (AvgIpc) is 2.70. The molecule has 0 spiro atoms. The first-order chi connectivity index (χ1) is 8.08. The predicted octanol–water partition coefficient (Wildman–Crippen LogP) is 4.07. The Hall–Kier alpha value is -1.40. The second-order valence-corrected chi connectivity index (χ2v) is 4.90. The van der Waals surface area contributed by atoms with E-state index in [1.165, 1.54) is 11.3 Å². The van der Waals surface area contributed by atoms with Crippen LogP contribution in [-0.4, -0.2) is 12.0 Å². The zero-order chi connectivity index (χ0) is 12.8. The topological polar surface area (TPSA) is 29.4 Å². The van der Waals surface area contributed by atoms with Gasteiger partial charge in [0.25, 0.3) is 0 Å². The number of rotatable bonds is 3. The quantitative estimate of drug-likeness (QED) is 0.450. The molecule has 0 radical (unpaired) electrons. The summed E-state index contributed by atoms with van der Waals surface area (Å²) in [4.78, 5) is 17.2. The molecule has 1 aromatic heterocycles. The number of hydrogen-bond acceptors (Lipinski definition) is 3. The van der Waals surface area contributed by atoms with E-state index in [1.807, 2.05) is 13.0 Å². The van der Waals surface area contributed by atoms with Crippen LogP contribution in [0.25, 0.3) is 0 Å². The number of aliphatic imine (C=N–C) groups is 1. The maximum absolute atomic E-state index is 11.4. The van der Waals surface area contributed by atoms with Gasteiger partial charge < -0.3 is 0 Å². The molecule has 0 aliphatic heterocycles. The molecule has 1 aromatic rings. The molecule has 0 saturated heterocycles. The molecule has 1 heterocycles. The van der Waals surface area contributed by atoms with E-state index in [4.69, 9.17) is 0 Å². The molecule has 0 aliphatic carbocycles. The van der Waals surface area contributed by atoms with E-state index in [0.717, 1.165) is 17.0 Å². The Morgan fingerprint density at radius 3 is 2.88 bits per heavy atom. The largest absolute Gasteiger partial charge is 0.294 e. The van der Waals surface area contributed by atoms with Gasteiger partial charge in [0.2, 0.25) is 0 Å². The highest BCUT2D eigenvalue weighted by Crippen LogP contribution is 2.29. The molecule has 0 fully saturated rings. The summed E-state index contributed by atoms with van der Waals surface area (Å²) >= 11 is 1.42. The molecular formula is C14H17NOS. The molecule has 0 saturated carbocycles. The van der Waals surface area contributed by atoms with E-state index in [2.05, 4.69) is 30.7 Å². The summed E-state index contributed by atoms with van der Waals surface area (Å²) in [5.74, 6) is 6.71. The Kier molecular flexibility index (Phi) is 5.11. The van der Waals surface area contributed by atoms with E-state index in [1.54, 1.807) is 13.1 Å². The molecule has 1 rings (SSSR count). The Labute approximate surface area is 107 Å². The van der Waals surface area contributed by atoms with Gasteiger partial charge in [-0.1, -0.05) is 25.7 Å². The fraction of sp³-hybridized carbons (Fsp3) is 0.429. The lowest BCUT2D eigenvalue weighted by Crippen LogP contribution is -1.85. The molecule has 0 aromatic carbocycles. The van der Waals surface area contributed by atoms with Crippen LogP contribution in [0.1, 0.15) is 48.7 Å². The van der Waals surface area contributed by atoms with Crippen LogP contribution < -0.4 is 0 Å². The second-order valence-electron chi connectivity index (χ2n) is 3.85. The van der Waals surface area contributed by atoms with Crippen molar-refractivity contribution in [2.45, 2.75) is 34.1 Å². The number of thiophene rings is 1. The summed E-state index contributed by atoms with van der Waals surface area (Å²) in [5, 5.41) is 0. The van der Waals surface area contributed by atoms with Gasteiger partial charge >= 0.3 is 0 Å². The number of ketones is 1. The predicted molar refractivity (Wildman–Crippen MR) is 74.5 cm³/mol. The van der Waals surface area contributed by atoms with Crippen LogP contribution in [0.15, 0.2) is 11.1 Å². The lowest BCUT2D eigenvalue weighted by molar-refractivity contribution is 0.102. The molecule has 17 heavy (non-hydrogen) atoms. The zero-order valence-electron chi connectivity index (χ0n) is 10.7. The lowest BCUT2D eigenvalue weighted by atomic mass is 10.1. The van der Waals surface area contributed by atoms with Crippen LogP contribution in [0.4, 0.5) is 5.69 Å². The van der Waals surface area contributed by atoms with Gasteiger partial charge in [0.05, 0.1) is 15.4 Å².